The van der Waals surface area contributed by atoms with Gasteiger partial charge in [0.15, 0.2) is 0 Å². The molecular formula is C21H26N4O3. The predicted octanol–water partition coefficient (Wildman–Crippen LogP) is 0.776. The van der Waals surface area contributed by atoms with E-state index < -0.39 is 6.04 Å². The molecule has 148 valence electrons. The largest absolute Gasteiger partial charge is 0.322 e. The van der Waals surface area contributed by atoms with Crippen LogP contribution in [-0.4, -0.2) is 58.7 Å². The lowest BCUT2D eigenvalue weighted by Gasteiger charge is -2.53. The van der Waals surface area contributed by atoms with Gasteiger partial charge >= 0.3 is 0 Å². The van der Waals surface area contributed by atoms with Gasteiger partial charge in [-0.15, -0.1) is 0 Å². The second-order valence-electron chi connectivity index (χ2n) is 8.56. The molecular weight excluding hydrogens is 356 g/mol. The van der Waals surface area contributed by atoms with Crippen molar-refractivity contribution in [2.24, 2.45) is 0 Å². The van der Waals surface area contributed by atoms with Gasteiger partial charge in [0.2, 0.25) is 11.8 Å². The van der Waals surface area contributed by atoms with E-state index in [2.05, 4.69) is 21.6 Å². The minimum Gasteiger partial charge on any atom is -0.322 e. The molecule has 2 N–H and O–H groups in total. The first-order valence-corrected chi connectivity index (χ1v) is 10.3. The minimum atomic E-state index is -0.553. The Labute approximate surface area is 164 Å². The monoisotopic (exact) mass is 382 g/mol. The molecule has 28 heavy (non-hydrogen) atoms. The van der Waals surface area contributed by atoms with Crippen LogP contribution in [0.15, 0.2) is 18.2 Å². The molecule has 0 saturated carbocycles. The normalized spacial score (nSPS) is 26.9. The first-order valence-electron chi connectivity index (χ1n) is 10.3. The van der Waals surface area contributed by atoms with Crippen LogP contribution in [-0.2, 0) is 22.7 Å². The molecule has 4 aliphatic heterocycles. The molecule has 1 atom stereocenters. The van der Waals surface area contributed by atoms with E-state index in [9.17, 15) is 14.4 Å². The quantitative estimate of drug-likeness (QED) is 0.755. The average Bonchev–Trinajstić information content (AvgIpc) is 2.98. The van der Waals surface area contributed by atoms with Crippen LogP contribution in [0.25, 0.3) is 0 Å². The second kappa shape index (κ2) is 6.67. The molecule has 3 fully saturated rings. The molecule has 7 heteroatoms. The third-order valence-electron chi connectivity index (χ3n) is 6.90. The Hall–Kier alpha value is -2.25. The van der Waals surface area contributed by atoms with Crippen molar-refractivity contribution in [3.05, 3.63) is 34.9 Å². The highest BCUT2D eigenvalue weighted by atomic mass is 16.2. The molecule has 1 aromatic carbocycles. The molecule has 3 amide bonds. The summed E-state index contributed by atoms with van der Waals surface area (Å²) in [6, 6.07) is 5.51. The molecule has 3 saturated heterocycles. The first kappa shape index (κ1) is 17.8. The highest BCUT2D eigenvalue weighted by Gasteiger charge is 2.45. The van der Waals surface area contributed by atoms with Crippen molar-refractivity contribution in [3.8, 4) is 0 Å². The van der Waals surface area contributed by atoms with Gasteiger partial charge in [-0.2, -0.15) is 0 Å². The van der Waals surface area contributed by atoms with E-state index >= 15 is 0 Å². The minimum absolute atomic E-state index is 0.0714. The Morgan fingerprint density at radius 2 is 2.00 bits per heavy atom. The zero-order chi connectivity index (χ0) is 19.3. The predicted molar refractivity (Wildman–Crippen MR) is 102 cm³/mol. The number of hydrogen-bond donors (Lipinski definition) is 2. The van der Waals surface area contributed by atoms with Crippen molar-refractivity contribution in [2.75, 3.05) is 19.6 Å². The van der Waals surface area contributed by atoms with E-state index in [4.69, 9.17) is 0 Å². The summed E-state index contributed by atoms with van der Waals surface area (Å²) in [7, 11) is 0. The van der Waals surface area contributed by atoms with E-state index in [-0.39, 0.29) is 29.7 Å². The SMILES string of the molecule is O=C1CCC(N2Cc3cccc(CN4CCCCC45CNC5)c3C2=O)C(=O)N1. The molecule has 0 bridgehead atoms. The standard InChI is InChI=1S/C21H26N4O3/c26-17-7-6-16(19(27)23-17)25-11-15-5-3-4-14(18(15)20(25)28)10-24-9-2-1-8-21(24)12-22-13-21/h3-5,16,22H,1-2,6-13H2,(H,23,26,27). The van der Waals surface area contributed by atoms with E-state index in [1.807, 2.05) is 12.1 Å². The van der Waals surface area contributed by atoms with Gasteiger partial charge in [-0.1, -0.05) is 24.6 Å². The number of piperidine rings is 2. The maximum absolute atomic E-state index is 13.3. The van der Waals surface area contributed by atoms with Crippen LogP contribution in [0.1, 0.15) is 53.6 Å². The van der Waals surface area contributed by atoms with Crippen LogP contribution < -0.4 is 10.6 Å². The number of carbonyl (C=O) groups is 3. The van der Waals surface area contributed by atoms with Crippen LogP contribution in [0, 0.1) is 0 Å². The lowest BCUT2D eigenvalue weighted by molar-refractivity contribution is -0.136. The Morgan fingerprint density at radius 3 is 2.75 bits per heavy atom. The summed E-state index contributed by atoms with van der Waals surface area (Å²) in [6.07, 6.45) is 4.37. The number of carbonyl (C=O) groups excluding carboxylic acids is 3. The van der Waals surface area contributed by atoms with E-state index in [1.165, 1.54) is 19.3 Å². The van der Waals surface area contributed by atoms with Gasteiger partial charge in [-0.05, 0) is 36.9 Å². The Kier molecular flexibility index (Phi) is 4.25. The lowest BCUT2D eigenvalue weighted by Crippen LogP contribution is -2.69. The van der Waals surface area contributed by atoms with Crippen LogP contribution >= 0.6 is 0 Å². The molecule has 0 aromatic heterocycles. The first-order chi connectivity index (χ1) is 13.6. The molecule has 7 nitrogen and oxygen atoms in total. The molecule has 0 aliphatic carbocycles. The molecule has 1 spiro atoms. The van der Waals surface area contributed by atoms with Crippen molar-refractivity contribution in [1.82, 2.24) is 20.4 Å². The fourth-order valence-corrected chi connectivity index (χ4v) is 5.24. The van der Waals surface area contributed by atoms with Crippen molar-refractivity contribution in [2.45, 2.75) is 56.8 Å². The summed E-state index contributed by atoms with van der Waals surface area (Å²) < 4.78 is 0. The molecule has 1 aromatic rings. The maximum atomic E-state index is 13.3. The number of rotatable bonds is 3. The maximum Gasteiger partial charge on any atom is 0.255 e. The van der Waals surface area contributed by atoms with Crippen molar-refractivity contribution >= 4 is 17.7 Å². The van der Waals surface area contributed by atoms with E-state index in [1.54, 1.807) is 4.90 Å². The van der Waals surface area contributed by atoms with Crippen molar-refractivity contribution in [1.29, 1.82) is 0 Å². The highest BCUT2D eigenvalue weighted by Crippen LogP contribution is 2.35. The van der Waals surface area contributed by atoms with Crippen molar-refractivity contribution < 1.29 is 14.4 Å². The van der Waals surface area contributed by atoms with Crippen LogP contribution in [0.5, 0.6) is 0 Å². The molecule has 0 radical (unpaired) electrons. The Bertz CT molecular complexity index is 848. The molecule has 5 rings (SSSR count). The molecule has 4 aliphatic rings. The summed E-state index contributed by atoms with van der Waals surface area (Å²) in [6.45, 7) is 4.34. The summed E-state index contributed by atoms with van der Waals surface area (Å²) >= 11 is 0. The fourth-order valence-electron chi connectivity index (χ4n) is 5.24. The topological polar surface area (TPSA) is 81.8 Å². The summed E-state index contributed by atoms with van der Waals surface area (Å²) in [5.74, 6) is -0.678. The molecule has 1 unspecified atom stereocenters. The van der Waals surface area contributed by atoms with Gasteiger partial charge in [0.1, 0.15) is 6.04 Å². The van der Waals surface area contributed by atoms with Gasteiger partial charge in [0, 0.05) is 43.7 Å². The number of benzene rings is 1. The smallest absolute Gasteiger partial charge is 0.255 e. The zero-order valence-electron chi connectivity index (χ0n) is 16.0. The number of nitrogens with one attached hydrogen (secondary N) is 2. The van der Waals surface area contributed by atoms with Gasteiger partial charge in [0.05, 0.1) is 0 Å². The summed E-state index contributed by atoms with van der Waals surface area (Å²) in [5, 5.41) is 5.79. The van der Waals surface area contributed by atoms with Gasteiger partial charge in [-0.25, -0.2) is 0 Å². The lowest BCUT2D eigenvalue weighted by atomic mass is 9.81. The van der Waals surface area contributed by atoms with Crippen LogP contribution in [0.2, 0.25) is 0 Å². The van der Waals surface area contributed by atoms with Crippen LogP contribution in [0.3, 0.4) is 0 Å². The van der Waals surface area contributed by atoms with E-state index in [0.29, 0.717) is 13.0 Å². The number of nitrogens with zero attached hydrogens (tertiary/aromatic N) is 2. The highest BCUT2D eigenvalue weighted by molar-refractivity contribution is 6.05. The third kappa shape index (κ3) is 2.76. The van der Waals surface area contributed by atoms with Crippen molar-refractivity contribution in [3.63, 3.8) is 0 Å². The van der Waals surface area contributed by atoms with Gasteiger partial charge in [0.25, 0.3) is 5.91 Å². The van der Waals surface area contributed by atoms with Crippen LogP contribution in [0.4, 0.5) is 0 Å². The number of fused-ring (bicyclic) bond motifs is 1. The molecule has 4 heterocycles. The Balaban J connectivity index is 1.40. The zero-order valence-corrected chi connectivity index (χ0v) is 16.0. The van der Waals surface area contributed by atoms with E-state index in [0.717, 1.165) is 42.9 Å². The van der Waals surface area contributed by atoms with Gasteiger partial charge in [-0.3, -0.25) is 24.6 Å². The average molecular weight is 382 g/mol. The number of likely N-dealkylation sites (tertiary alicyclic amines) is 1. The van der Waals surface area contributed by atoms with Gasteiger partial charge < -0.3 is 10.2 Å². The Morgan fingerprint density at radius 1 is 1.14 bits per heavy atom. The third-order valence-corrected chi connectivity index (χ3v) is 6.90. The second-order valence-corrected chi connectivity index (χ2v) is 8.56. The number of hydrogen-bond acceptors (Lipinski definition) is 5. The summed E-state index contributed by atoms with van der Waals surface area (Å²) in [5.41, 5.74) is 3.06. The number of imide groups is 1. The fraction of sp³-hybridized carbons (Fsp3) is 0.571. The summed E-state index contributed by atoms with van der Waals surface area (Å²) in [4.78, 5) is 41.2. The number of amides is 3.